The first-order chi connectivity index (χ1) is 5.66. The minimum Gasteiger partial charge on any atom is -0.266 e. The number of aromatic nitrogens is 2. The summed E-state index contributed by atoms with van der Waals surface area (Å²) in [6, 6.07) is 0.343. The number of halogens is 2. The van der Waals surface area contributed by atoms with Crippen molar-refractivity contribution in [2.24, 2.45) is 0 Å². The van der Waals surface area contributed by atoms with Crippen molar-refractivity contribution in [3.8, 4) is 0 Å². The lowest BCUT2D eigenvalue weighted by molar-refractivity contribution is 0.512. The van der Waals surface area contributed by atoms with Crippen molar-refractivity contribution >= 4 is 23.2 Å². The minimum absolute atomic E-state index is 0.343. The topological polar surface area (TPSA) is 17.8 Å². The summed E-state index contributed by atoms with van der Waals surface area (Å²) in [5.41, 5.74) is 1.03. The highest BCUT2D eigenvalue weighted by Gasteiger charge is 2.09. The van der Waals surface area contributed by atoms with Crippen LogP contribution in [-0.2, 0) is 6.42 Å². The van der Waals surface area contributed by atoms with E-state index < -0.39 is 0 Å². The number of hydrogen-bond acceptors (Lipinski definition) is 1. The van der Waals surface area contributed by atoms with Crippen molar-refractivity contribution in [1.82, 2.24) is 9.78 Å². The molecule has 12 heavy (non-hydrogen) atoms. The Labute approximate surface area is 82.5 Å². The van der Waals surface area contributed by atoms with Crippen LogP contribution in [0.2, 0.25) is 5.02 Å². The van der Waals surface area contributed by atoms with Crippen LogP contribution in [-0.4, -0.2) is 15.7 Å². The SMILES string of the molecule is CC(C)n1ncc(Cl)c1CCCl. The normalized spacial score (nSPS) is 11.1. The molecule has 0 unspecified atom stereocenters. The van der Waals surface area contributed by atoms with E-state index in [9.17, 15) is 0 Å². The number of hydrogen-bond donors (Lipinski definition) is 0. The van der Waals surface area contributed by atoms with Gasteiger partial charge in [0.2, 0.25) is 0 Å². The molecule has 0 aliphatic rings. The lowest BCUT2D eigenvalue weighted by atomic mass is 10.3. The molecular formula is C8H12Cl2N2. The fourth-order valence-electron chi connectivity index (χ4n) is 1.13. The van der Waals surface area contributed by atoms with Crippen molar-refractivity contribution in [3.05, 3.63) is 16.9 Å². The van der Waals surface area contributed by atoms with Crippen LogP contribution in [0.5, 0.6) is 0 Å². The van der Waals surface area contributed by atoms with Crippen molar-refractivity contribution < 1.29 is 0 Å². The lowest BCUT2D eigenvalue weighted by Crippen LogP contribution is -2.07. The molecule has 0 aliphatic heterocycles. The Kier molecular flexibility index (Phi) is 3.41. The molecule has 0 N–H and O–H groups in total. The number of rotatable bonds is 3. The summed E-state index contributed by atoms with van der Waals surface area (Å²) < 4.78 is 1.91. The van der Waals surface area contributed by atoms with Crippen LogP contribution in [0, 0.1) is 0 Å². The second kappa shape index (κ2) is 4.15. The predicted octanol–water partition coefficient (Wildman–Crippen LogP) is 2.90. The number of nitrogens with zero attached hydrogens (tertiary/aromatic N) is 2. The number of alkyl halides is 1. The van der Waals surface area contributed by atoms with Gasteiger partial charge in [0.15, 0.2) is 0 Å². The second-order valence-electron chi connectivity index (χ2n) is 2.92. The Bertz CT molecular complexity index is 256. The maximum atomic E-state index is 5.93. The van der Waals surface area contributed by atoms with Crippen LogP contribution >= 0.6 is 23.2 Å². The van der Waals surface area contributed by atoms with E-state index in [-0.39, 0.29) is 0 Å². The molecule has 0 saturated heterocycles. The van der Waals surface area contributed by atoms with Gasteiger partial charge in [0.25, 0.3) is 0 Å². The third kappa shape index (κ3) is 1.93. The Morgan fingerprint density at radius 1 is 1.58 bits per heavy atom. The van der Waals surface area contributed by atoms with Gasteiger partial charge in [-0.05, 0) is 13.8 Å². The molecule has 1 aromatic rings. The first kappa shape index (κ1) is 9.87. The van der Waals surface area contributed by atoms with Crippen LogP contribution < -0.4 is 0 Å². The fourth-order valence-corrected chi connectivity index (χ4v) is 1.54. The summed E-state index contributed by atoms with van der Waals surface area (Å²) in [6.07, 6.45) is 2.45. The Morgan fingerprint density at radius 2 is 2.25 bits per heavy atom. The molecule has 0 aliphatic carbocycles. The third-order valence-electron chi connectivity index (χ3n) is 1.67. The molecule has 0 saturated carbocycles. The second-order valence-corrected chi connectivity index (χ2v) is 3.70. The molecule has 0 fully saturated rings. The molecule has 0 bridgehead atoms. The maximum Gasteiger partial charge on any atom is 0.0818 e. The van der Waals surface area contributed by atoms with Crippen molar-refractivity contribution in [1.29, 1.82) is 0 Å². The third-order valence-corrected chi connectivity index (χ3v) is 2.17. The van der Waals surface area contributed by atoms with E-state index in [2.05, 4.69) is 18.9 Å². The summed E-state index contributed by atoms with van der Waals surface area (Å²) in [5, 5.41) is 4.87. The summed E-state index contributed by atoms with van der Waals surface area (Å²) in [7, 11) is 0. The van der Waals surface area contributed by atoms with Crippen molar-refractivity contribution in [2.45, 2.75) is 26.3 Å². The van der Waals surface area contributed by atoms with Crippen LogP contribution in [0.25, 0.3) is 0 Å². The minimum atomic E-state index is 0.343. The van der Waals surface area contributed by atoms with E-state index in [0.717, 1.165) is 12.1 Å². The van der Waals surface area contributed by atoms with Gasteiger partial charge in [-0.15, -0.1) is 11.6 Å². The van der Waals surface area contributed by atoms with Gasteiger partial charge >= 0.3 is 0 Å². The average Bonchev–Trinajstić information content (AvgIpc) is 2.34. The first-order valence-corrected chi connectivity index (χ1v) is 4.86. The zero-order valence-corrected chi connectivity index (χ0v) is 8.73. The van der Waals surface area contributed by atoms with E-state index >= 15 is 0 Å². The van der Waals surface area contributed by atoms with Gasteiger partial charge in [-0.2, -0.15) is 5.10 Å². The maximum absolute atomic E-state index is 5.93. The van der Waals surface area contributed by atoms with Gasteiger partial charge in [-0.1, -0.05) is 11.6 Å². The van der Waals surface area contributed by atoms with Gasteiger partial charge in [0.1, 0.15) is 0 Å². The Balaban J connectivity index is 2.95. The van der Waals surface area contributed by atoms with E-state index in [1.807, 2.05) is 4.68 Å². The molecule has 1 rings (SSSR count). The molecule has 68 valence electrons. The smallest absolute Gasteiger partial charge is 0.0818 e. The van der Waals surface area contributed by atoms with Gasteiger partial charge in [0, 0.05) is 18.3 Å². The van der Waals surface area contributed by atoms with E-state index in [1.54, 1.807) is 6.20 Å². The molecular weight excluding hydrogens is 195 g/mol. The fraction of sp³-hybridized carbons (Fsp3) is 0.625. The van der Waals surface area contributed by atoms with Crippen molar-refractivity contribution in [2.75, 3.05) is 5.88 Å². The molecule has 0 atom stereocenters. The molecule has 1 aromatic heterocycles. The van der Waals surface area contributed by atoms with E-state index in [4.69, 9.17) is 23.2 Å². The lowest BCUT2D eigenvalue weighted by Gasteiger charge is -2.09. The predicted molar refractivity (Wildman–Crippen MR) is 52.0 cm³/mol. The van der Waals surface area contributed by atoms with E-state index in [0.29, 0.717) is 16.9 Å². The highest BCUT2D eigenvalue weighted by molar-refractivity contribution is 6.31. The molecule has 1 heterocycles. The molecule has 0 amide bonds. The van der Waals surface area contributed by atoms with Gasteiger partial charge < -0.3 is 0 Å². The highest BCUT2D eigenvalue weighted by atomic mass is 35.5. The Morgan fingerprint density at radius 3 is 2.75 bits per heavy atom. The largest absolute Gasteiger partial charge is 0.266 e. The summed E-state index contributed by atoms with van der Waals surface area (Å²) >= 11 is 11.6. The van der Waals surface area contributed by atoms with Gasteiger partial charge in [0.05, 0.1) is 16.9 Å². The summed E-state index contributed by atoms with van der Waals surface area (Å²) in [6.45, 7) is 4.14. The molecule has 0 aromatic carbocycles. The van der Waals surface area contributed by atoms with Gasteiger partial charge in [-0.25, -0.2) is 0 Å². The van der Waals surface area contributed by atoms with Crippen molar-refractivity contribution in [3.63, 3.8) is 0 Å². The van der Waals surface area contributed by atoms with Gasteiger partial charge in [-0.3, -0.25) is 4.68 Å². The standard InChI is InChI=1S/C8H12Cl2N2/c1-6(2)12-8(3-4-9)7(10)5-11-12/h5-6H,3-4H2,1-2H3. The first-order valence-electron chi connectivity index (χ1n) is 3.94. The molecule has 2 nitrogen and oxygen atoms in total. The van der Waals surface area contributed by atoms with Crippen LogP contribution in [0.15, 0.2) is 6.20 Å². The zero-order valence-electron chi connectivity index (χ0n) is 7.22. The van der Waals surface area contributed by atoms with Crippen LogP contribution in [0.1, 0.15) is 25.6 Å². The van der Waals surface area contributed by atoms with Crippen LogP contribution in [0.3, 0.4) is 0 Å². The average molecular weight is 207 g/mol. The van der Waals surface area contributed by atoms with E-state index in [1.165, 1.54) is 0 Å². The van der Waals surface area contributed by atoms with Crippen LogP contribution in [0.4, 0.5) is 0 Å². The Hall–Kier alpha value is -0.210. The quantitative estimate of drug-likeness (QED) is 0.696. The zero-order chi connectivity index (χ0) is 9.14. The molecule has 0 radical (unpaired) electrons. The summed E-state index contributed by atoms with van der Waals surface area (Å²) in [4.78, 5) is 0. The molecule has 4 heteroatoms. The molecule has 0 spiro atoms. The summed E-state index contributed by atoms with van der Waals surface area (Å²) in [5.74, 6) is 0.581. The monoisotopic (exact) mass is 206 g/mol. The highest BCUT2D eigenvalue weighted by Crippen LogP contribution is 2.19.